The number of aryl methyl sites for hydroxylation is 2. The van der Waals surface area contributed by atoms with Gasteiger partial charge in [-0.2, -0.15) is 0 Å². The van der Waals surface area contributed by atoms with Gasteiger partial charge in [0.2, 0.25) is 5.78 Å². The number of ether oxygens (including phenoxy) is 2. The molecule has 0 aliphatic carbocycles. The van der Waals surface area contributed by atoms with Crippen molar-refractivity contribution in [1.82, 2.24) is 4.98 Å². The van der Waals surface area contributed by atoms with Gasteiger partial charge < -0.3 is 14.5 Å². The highest BCUT2D eigenvalue weighted by Gasteiger charge is 2.25. The van der Waals surface area contributed by atoms with E-state index in [0.717, 1.165) is 4.47 Å². The summed E-state index contributed by atoms with van der Waals surface area (Å²) in [5, 5.41) is 0. The first-order chi connectivity index (χ1) is 10.9. The molecule has 2 rings (SSSR count). The largest absolute Gasteiger partial charge is 0.485 e. The van der Waals surface area contributed by atoms with E-state index in [-0.39, 0.29) is 24.6 Å². The van der Waals surface area contributed by atoms with Crippen LogP contribution in [-0.2, 0) is 4.74 Å². The topological polar surface area (TPSA) is 68.4 Å². The number of rotatable bonds is 6. The lowest BCUT2D eigenvalue weighted by molar-refractivity contribution is 0.0522. The van der Waals surface area contributed by atoms with E-state index in [9.17, 15) is 9.59 Å². The fourth-order valence-corrected chi connectivity index (χ4v) is 2.60. The van der Waals surface area contributed by atoms with Crippen molar-refractivity contribution in [3.63, 3.8) is 0 Å². The molecule has 6 heteroatoms. The molecule has 0 saturated carbocycles. The van der Waals surface area contributed by atoms with Gasteiger partial charge in [-0.25, -0.2) is 4.79 Å². The molecule has 0 radical (unpaired) electrons. The minimum absolute atomic E-state index is 0.147. The molecule has 0 spiro atoms. The Hall–Kier alpha value is -2.08. The number of carbonyl (C=O) groups is 2. The van der Waals surface area contributed by atoms with Gasteiger partial charge in [-0.1, -0.05) is 15.9 Å². The zero-order chi connectivity index (χ0) is 17.0. The predicted octanol–water partition coefficient (Wildman–Crippen LogP) is 3.83. The van der Waals surface area contributed by atoms with Crippen molar-refractivity contribution in [1.29, 1.82) is 0 Å². The second-order valence-electron chi connectivity index (χ2n) is 5.01. The Balaban J connectivity index is 2.18. The number of esters is 1. The zero-order valence-corrected chi connectivity index (χ0v) is 14.8. The van der Waals surface area contributed by atoms with Gasteiger partial charge >= 0.3 is 5.97 Å². The smallest absolute Gasteiger partial charge is 0.340 e. The van der Waals surface area contributed by atoms with Crippen LogP contribution in [0.2, 0.25) is 0 Å². The van der Waals surface area contributed by atoms with Crippen molar-refractivity contribution in [2.45, 2.75) is 20.8 Å². The van der Waals surface area contributed by atoms with Crippen LogP contribution in [0.3, 0.4) is 0 Å². The Bertz CT molecular complexity index is 719. The van der Waals surface area contributed by atoms with Crippen LogP contribution in [0.25, 0.3) is 0 Å². The molecule has 0 atom stereocenters. The van der Waals surface area contributed by atoms with Gasteiger partial charge in [0.05, 0.1) is 17.7 Å². The molecule has 1 N–H and O–H groups in total. The number of H-pyrrole nitrogens is 1. The molecule has 0 unspecified atom stereocenters. The molecule has 0 bridgehead atoms. The number of hydrogen-bond donors (Lipinski definition) is 1. The van der Waals surface area contributed by atoms with E-state index in [4.69, 9.17) is 9.47 Å². The molecule has 0 aliphatic heterocycles. The summed E-state index contributed by atoms with van der Waals surface area (Å²) in [5.41, 5.74) is 1.87. The SMILES string of the molecule is CCOC(=O)c1c(C)[nH]c(C)c1C(=O)COc1ccc(Br)cc1. The van der Waals surface area contributed by atoms with Gasteiger partial charge in [0.25, 0.3) is 0 Å². The number of Topliss-reactive ketones (excluding diaryl/α,β-unsaturated/α-hetero) is 1. The molecule has 1 aromatic heterocycles. The summed E-state index contributed by atoms with van der Waals surface area (Å²) in [5.74, 6) is -0.177. The quantitative estimate of drug-likeness (QED) is 0.611. The number of ketones is 1. The van der Waals surface area contributed by atoms with Crippen molar-refractivity contribution < 1.29 is 19.1 Å². The fraction of sp³-hybridized carbons (Fsp3) is 0.294. The summed E-state index contributed by atoms with van der Waals surface area (Å²) in [6.07, 6.45) is 0. The van der Waals surface area contributed by atoms with E-state index < -0.39 is 5.97 Å². The summed E-state index contributed by atoms with van der Waals surface area (Å²) in [4.78, 5) is 27.6. The fourth-order valence-electron chi connectivity index (χ4n) is 2.34. The van der Waals surface area contributed by atoms with E-state index in [1.54, 1.807) is 32.9 Å². The number of benzene rings is 1. The van der Waals surface area contributed by atoms with E-state index in [1.165, 1.54) is 0 Å². The second-order valence-corrected chi connectivity index (χ2v) is 5.93. The third kappa shape index (κ3) is 4.01. The van der Waals surface area contributed by atoms with Crippen LogP contribution in [0.5, 0.6) is 5.75 Å². The highest BCUT2D eigenvalue weighted by Crippen LogP contribution is 2.21. The molecule has 0 amide bonds. The normalized spacial score (nSPS) is 10.4. The Morgan fingerprint density at radius 3 is 2.30 bits per heavy atom. The average Bonchev–Trinajstić information content (AvgIpc) is 2.81. The van der Waals surface area contributed by atoms with Crippen molar-refractivity contribution in [3.05, 3.63) is 51.3 Å². The number of halogens is 1. The van der Waals surface area contributed by atoms with Crippen LogP contribution in [-0.4, -0.2) is 30.0 Å². The molecular weight excluding hydrogens is 362 g/mol. The number of aromatic nitrogens is 1. The van der Waals surface area contributed by atoms with Gasteiger partial charge in [-0.3, -0.25) is 4.79 Å². The number of nitrogens with one attached hydrogen (secondary N) is 1. The Morgan fingerprint density at radius 2 is 1.70 bits per heavy atom. The standard InChI is InChI=1S/C17H18BrNO4/c1-4-22-17(21)16-11(3)19-10(2)15(16)14(20)9-23-13-7-5-12(18)6-8-13/h5-8,19H,4,9H2,1-3H3. The Morgan fingerprint density at radius 1 is 1.09 bits per heavy atom. The van der Waals surface area contributed by atoms with Gasteiger partial charge in [-0.15, -0.1) is 0 Å². The maximum Gasteiger partial charge on any atom is 0.340 e. The van der Waals surface area contributed by atoms with Crippen LogP contribution in [0.4, 0.5) is 0 Å². The predicted molar refractivity (Wildman–Crippen MR) is 90.2 cm³/mol. The lowest BCUT2D eigenvalue weighted by Crippen LogP contribution is -2.17. The number of aromatic amines is 1. The molecule has 2 aromatic rings. The van der Waals surface area contributed by atoms with Crippen LogP contribution in [0.15, 0.2) is 28.7 Å². The van der Waals surface area contributed by atoms with Gasteiger partial charge in [0, 0.05) is 15.9 Å². The zero-order valence-electron chi connectivity index (χ0n) is 13.2. The van der Waals surface area contributed by atoms with Gasteiger partial charge in [-0.05, 0) is 45.0 Å². The second kappa shape index (κ2) is 7.46. The molecule has 0 aliphatic rings. The summed E-state index contributed by atoms with van der Waals surface area (Å²) < 4.78 is 11.5. The first kappa shape index (κ1) is 17.3. The lowest BCUT2D eigenvalue weighted by atomic mass is 10.1. The Labute approximate surface area is 143 Å². The van der Waals surface area contributed by atoms with Crippen molar-refractivity contribution in [2.24, 2.45) is 0 Å². The summed E-state index contributed by atoms with van der Waals surface area (Å²) in [7, 11) is 0. The molecule has 0 saturated heterocycles. The first-order valence-corrected chi connectivity index (χ1v) is 8.01. The van der Waals surface area contributed by atoms with Crippen molar-refractivity contribution in [3.8, 4) is 5.75 Å². The molecular formula is C17H18BrNO4. The van der Waals surface area contributed by atoms with Gasteiger partial charge in [0.15, 0.2) is 6.61 Å². The van der Waals surface area contributed by atoms with E-state index in [0.29, 0.717) is 22.7 Å². The third-order valence-corrected chi connectivity index (χ3v) is 3.85. The van der Waals surface area contributed by atoms with Crippen molar-refractivity contribution >= 4 is 27.7 Å². The van der Waals surface area contributed by atoms with Crippen LogP contribution in [0, 0.1) is 13.8 Å². The third-order valence-electron chi connectivity index (χ3n) is 3.32. The number of hydrogen-bond acceptors (Lipinski definition) is 4. The van der Waals surface area contributed by atoms with Crippen LogP contribution >= 0.6 is 15.9 Å². The monoisotopic (exact) mass is 379 g/mol. The first-order valence-electron chi connectivity index (χ1n) is 7.21. The summed E-state index contributed by atoms with van der Waals surface area (Å²) in [6.45, 7) is 5.33. The molecule has 1 heterocycles. The molecule has 23 heavy (non-hydrogen) atoms. The highest BCUT2D eigenvalue weighted by molar-refractivity contribution is 9.10. The maximum absolute atomic E-state index is 12.5. The Kier molecular flexibility index (Phi) is 5.60. The minimum atomic E-state index is -0.499. The molecule has 122 valence electrons. The molecule has 5 nitrogen and oxygen atoms in total. The van der Waals surface area contributed by atoms with E-state index in [1.807, 2.05) is 12.1 Å². The average molecular weight is 380 g/mol. The van der Waals surface area contributed by atoms with E-state index in [2.05, 4.69) is 20.9 Å². The van der Waals surface area contributed by atoms with Crippen molar-refractivity contribution in [2.75, 3.05) is 13.2 Å². The summed E-state index contributed by atoms with van der Waals surface area (Å²) in [6, 6.07) is 7.18. The molecule has 1 aromatic carbocycles. The molecule has 0 fully saturated rings. The lowest BCUT2D eigenvalue weighted by Gasteiger charge is -2.08. The maximum atomic E-state index is 12.5. The van der Waals surface area contributed by atoms with E-state index >= 15 is 0 Å². The summed E-state index contributed by atoms with van der Waals surface area (Å²) >= 11 is 3.34. The number of carbonyl (C=O) groups excluding carboxylic acids is 2. The van der Waals surface area contributed by atoms with Crippen LogP contribution < -0.4 is 4.74 Å². The van der Waals surface area contributed by atoms with Gasteiger partial charge in [0.1, 0.15) is 5.75 Å². The minimum Gasteiger partial charge on any atom is -0.485 e. The highest BCUT2D eigenvalue weighted by atomic mass is 79.9. The van der Waals surface area contributed by atoms with Crippen LogP contribution in [0.1, 0.15) is 39.0 Å².